The second kappa shape index (κ2) is 11.1. The number of carbonyl (C=O) groups is 3. The maximum atomic E-state index is 16.0. The molecule has 0 bridgehead atoms. The molecule has 1 saturated heterocycles. The van der Waals surface area contributed by atoms with Crippen LogP contribution in [0.4, 0.5) is 15.8 Å². The van der Waals surface area contributed by atoms with Crippen LogP contribution in [0.25, 0.3) is 0 Å². The van der Waals surface area contributed by atoms with Crippen molar-refractivity contribution in [3.8, 4) is 5.75 Å². The van der Waals surface area contributed by atoms with Gasteiger partial charge in [-0.25, -0.2) is 4.39 Å². The van der Waals surface area contributed by atoms with Crippen molar-refractivity contribution in [3.05, 3.63) is 85.7 Å². The number of anilines is 2. The number of nitrogens with one attached hydrogen (secondary N) is 3. The third kappa shape index (κ3) is 5.13. The molecule has 5 N–H and O–H groups in total. The number of fused-ring (bicyclic) bond motifs is 2. The van der Waals surface area contributed by atoms with Gasteiger partial charge in [0.25, 0.3) is 0 Å². The molecule has 1 spiro atoms. The third-order valence-electron chi connectivity index (χ3n) is 7.96. The highest BCUT2D eigenvalue weighted by atomic mass is 127. The van der Waals surface area contributed by atoms with Gasteiger partial charge < -0.3 is 26.4 Å². The van der Waals surface area contributed by atoms with Crippen LogP contribution in [0.2, 0.25) is 5.02 Å². The quantitative estimate of drug-likeness (QED) is 0.250. The van der Waals surface area contributed by atoms with Gasteiger partial charge in [-0.2, -0.15) is 0 Å². The van der Waals surface area contributed by atoms with E-state index in [1.807, 2.05) is 22.6 Å². The summed E-state index contributed by atoms with van der Waals surface area (Å²) in [6, 6.07) is 13.0. The normalized spacial score (nSPS) is 23.0. The number of ether oxygens (including phenoxy) is 1. The fourth-order valence-electron chi connectivity index (χ4n) is 6.31. The Morgan fingerprint density at radius 2 is 1.90 bits per heavy atom. The second-order valence-electron chi connectivity index (χ2n) is 11.9. The molecule has 1 fully saturated rings. The van der Waals surface area contributed by atoms with Crippen molar-refractivity contribution in [2.75, 3.05) is 17.7 Å². The van der Waals surface area contributed by atoms with Crippen molar-refractivity contribution in [1.29, 1.82) is 0 Å². The topological polar surface area (TPSA) is 123 Å². The molecule has 5 rings (SSSR count). The lowest BCUT2D eigenvalue weighted by atomic mass is 9.62. The Bertz CT molecular complexity index is 1610. The van der Waals surface area contributed by atoms with Gasteiger partial charge in [-0.1, -0.05) is 50.6 Å². The Morgan fingerprint density at radius 1 is 1.17 bits per heavy atom. The Balaban J connectivity index is 1.70. The van der Waals surface area contributed by atoms with E-state index in [4.69, 9.17) is 22.1 Å². The average Bonchev–Trinajstić information content (AvgIpc) is 3.39. The first-order chi connectivity index (χ1) is 19.8. The molecule has 2 aliphatic heterocycles. The largest absolute Gasteiger partial charge is 0.495 e. The number of benzene rings is 3. The molecule has 3 aromatic rings. The van der Waals surface area contributed by atoms with E-state index in [0.29, 0.717) is 32.0 Å². The Hall–Kier alpha value is -3.22. The predicted molar refractivity (Wildman–Crippen MR) is 169 cm³/mol. The number of hydrogen-bond donors (Lipinski definition) is 4. The molecular formula is C31H31ClFIN4O4. The predicted octanol–water partition coefficient (Wildman–Crippen LogP) is 5.58. The summed E-state index contributed by atoms with van der Waals surface area (Å²) < 4.78 is 21.8. The van der Waals surface area contributed by atoms with Crippen molar-refractivity contribution in [2.45, 2.75) is 50.6 Å². The van der Waals surface area contributed by atoms with Gasteiger partial charge in [0.05, 0.1) is 18.8 Å². The standard InChI is InChI=1S/C31H31ClFIN4O4/c1-30(2,3)14-23-31(18-10-9-16(32)13-21(18)37-29(31)41)24(17-6-5-7-19(34)25(17)33)26(38-23)28(40)36-20-11-8-15(27(35)39)12-22(20)42-4/h5-13,23-24,26,38H,14H2,1-4H3,(H2,35,39)(H,36,40)(H,37,41)/t23-,24+,26-,31+/m1/s1. The Morgan fingerprint density at radius 3 is 2.57 bits per heavy atom. The van der Waals surface area contributed by atoms with Crippen molar-refractivity contribution >= 4 is 63.3 Å². The second-order valence-corrected chi connectivity index (χ2v) is 13.5. The highest BCUT2D eigenvalue weighted by Gasteiger charge is 2.66. The van der Waals surface area contributed by atoms with Crippen LogP contribution < -0.4 is 26.4 Å². The lowest BCUT2D eigenvalue weighted by molar-refractivity contribution is -0.122. The maximum absolute atomic E-state index is 16.0. The monoisotopic (exact) mass is 704 g/mol. The molecule has 2 heterocycles. The molecule has 0 unspecified atom stereocenters. The zero-order valence-electron chi connectivity index (χ0n) is 23.5. The van der Waals surface area contributed by atoms with Gasteiger partial charge in [0, 0.05) is 31.8 Å². The third-order valence-corrected chi connectivity index (χ3v) is 9.03. The Kier molecular flexibility index (Phi) is 8.01. The molecule has 4 atom stereocenters. The molecule has 220 valence electrons. The van der Waals surface area contributed by atoms with E-state index in [2.05, 4.69) is 36.7 Å². The van der Waals surface area contributed by atoms with E-state index in [9.17, 15) is 14.4 Å². The lowest BCUT2D eigenvalue weighted by Gasteiger charge is -2.37. The minimum atomic E-state index is -1.33. The van der Waals surface area contributed by atoms with Gasteiger partial charge in [-0.3, -0.25) is 14.4 Å². The van der Waals surface area contributed by atoms with Gasteiger partial charge in [0.2, 0.25) is 17.7 Å². The number of rotatable bonds is 6. The molecule has 3 amide bonds. The molecule has 3 aromatic carbocycles. The van der Waals surface area contributed by atoms with Gasteiger partial charge in [0.15, 0.2) is 0 Å². The summed E-state index contributed by atoms with van der Waals surface area (Å²) in [6.45, 7) is 6.16. The number of primary amides is 1. The van der Waals surface area contributed by atoms with E-state index < -0.39 is 41.0 Å². The molecule has 2 aliphatic rings. The zero-order valence-corrected chi connectivity index (χ0v) is 26.4. The molecule has 11 heteroatoms. The van der Waals surface area contributed by atoms with Crippen LogP contribution in [-0.4, -0.2) is 36.9 Å². The van der Waals surface area contributed by atoms with Crippen molar-refractivity contribution < 1.29 is 23.5 Å². The molecule has 42 heavy (non-hydrogen) atoms. The summed E-state index contributed by atoms with van der Waals surface area (Å²) in [7, 11) is 1.41. The van der Waals surface area contributed by atoms with E-state index in [-0.39, 0.29) is 28.2 Å². The van der Waals surface area contributed by atoms with Crippen LogP contribution in [0.5, 0.6) is 5.75 Å². The van der Waals surface area contributed by atoms with Gasteiger partial charge in [-0.15, -0.1) is 0 Å². The minimum absolute atomic E-state index is 0.213. The van der Waals surface area contributed by atoms with Crippen molar-refractivity contribution in [3.63, 3.8) is 0 Å². The SMILES string of the molecule is COc1cc(C(N)=O)ccc1NC(=O)[C@@H]1N[C@H](CC(C)(C)C)[C@]2(C(=O)Nc3cc(Cl)ccc32)[C@H]1c1cccc(I)c1F. The summed E-state index contributed by atoms with van der Waals surface area (Å²) >= 11 is 8.22. The number of carbonyl (C=O) groups excluding carboxylic acids is 3. The summed E-state index contributed by atoms with van der Waals surface area (Å²) in [4.78, 5) is 40.2. The number of methoxy groups -OCH3 is 1. The van der Waals surface area contributed by atoms with Gasteiger partial charge >= 0.3 is 0 Å². The van der Waals surface area contributed by atoms with E-state index in [0.717, 1.165) is 0 Å². The average molecular weight is 705 g/mol. The summed E-state index contributed by atoms with van der Waals surface area (Å²) in [5.74, 6) is -2.65. The van der Waals surface area contributed by atoms with Crippen LogP contribution in [-0.2, 0) is 15.0 Å². The summed E-state index contributed by atoms with van der Waals surface area (Å²) in [6.07, 6.45) is 0.505. The van der Waals surface area contributed by atoms with Crippen LogP contribution >= 0.6 is 34.2 Å². The molecule has 8 nitrogen and oxygen atoms in total. The van der Waals surface area contributed by atoms with Crippen LogP contribution in [0.15, 0.2) is 54.6 Å². The van der Waals surface area contributed by atoms with E-state index in [1.54, 1.807) is 36.4 Å². The summed E-state index contributed by atoms with van der Waals surface area (Å²) in [5.41, 5.74) is 5.78. The van der Waals surface area contributed by atoms with Crippen LogP contribution in [0.3, 0.4) is 0 Å². The number of halogens is 3. The van der Waals surface area contributed by atoms with Crippen molar-refractivity contribution in [1.82, 2.24) is 5.32 Å². The highest BCUT2D eigenvalue weighted by molar-refractivity contribution is 14.1. The molecule has 0 aliphatic carbocycles. The molecule has 0 radical (unpaired) electrons. The molecule has 0 aromatic heterocycles. The van der Waals surface area contributed by atoms with Crippen LogP contribution in [0.1, 0.15) is 54.6 Å². The number of hydrogen-bond acceptors (Lipinski definition) is 5. The first kappa shape index (κ1) is 30.2. The number of amides is 3. The summed E-state index contributed by atoms with van der Waals surface area (Å²) in [5, 5.41) is 9.77. The zero-order chi connectivity index (χ0) is 30.6. The maximum Gasteiger partial charge on any atom is 0.248 e. The smallest absolute Gasteiger partial charge is 0.248 e. The van der Waals surface area contributed by atoms with E-state index in [1.165, 1.54) is 25.3 Å². The fraction of sp³-hybridized carbons (Fsp3) is 0.323. The molecule has 0 saturated carbocycles. The van der Waals surface area contributed by atoms with E-state index >= 15 is 4.39 Å². The molecular weight excluding hydrogens is 674 g/mol. The first-order valence-electron chi connectivity index (χ1n) is 13.4. The first-order valence-corrected chi connectivity index (χ1v) is 14.8. The lowest BCUT2D eigenvalue weighted by Crippen LogP contribution is -2.49. The highest BCUT2D eigenvalue weighted by Crippen LogP contribution is 2.57. The van der Waals surface area contributed by atoms with Gasteiger partial charge in [0.1, 0.15) is 17.0 Å². The minimum Gasteiger partial charge on any atom is -0.495 e. The Labute approximate surface area is 262 Å². The fourth-order valence-corrected chi connectivity index (χ4v) is 7.00. The van der Waals surface area contributed by atoms with Gasteiger partial charge in [-0.05, 0) is 82.0 Å². The van der Waals surface area contributed by atoms with Crippen LogP contribution in [0, 0.1) is 14.8 Å². The van der Waals surface area contributed by atoms with Crippen molar-refractivity contribution in [2.24, 2.45) is 11.1 Å². The number of nitrogens with two attached hydrogens (primary N) is 1.